The fourth-order valence-electron chi connectivity index (χ4n) is 2.72. The van der Waals surface area contributed by atoms with Crippen LogP contribution in [0.4, 0.5) is 0 Å². The molecule has 3 heterocycles. The van der Waals surface area contributed by atoms with E-state index in [1.807, 2.05) is 0 Å². The predicted molar refractivity (Wildman–Crippen MR) is 93.7 cm³/mol. The number of sulfone groups is 1. The van der Waals surface area contributed by atoms with Crippen molar-refractivity contribution in [2.75, 3.05) is 11.6 Å². The van der Waals surface area contributed by atoms with Gasteiger partial charge in [0.2, 0.25) is 11.8 Å². The van der Waals surface area contributed by atoms with E-state index in [9.17, 15) is 18.0 Å². The third-order valence-corrected chi connectivity index (χ3v) is 6.19. The zero-order valence-corrected chi connectivity index (χ0v) is 15.8. The summed E-state index contributed by atoms with van der Waals surface area (Å²) in [6, 6.07) is -1.32. The normalized spacial score (nSPS) is 20.1. The highest BCUT2D eigenvalue weighted by molar-refractivity contribution is 7.91. The van der Waals surface area contributed by atoms with E-state index in [0.29, 0.717) is 12.2 Å². The number of hydrogen-bond acceptors (Lipinski definition) is 8. The quantitative estimate of drug-likeness (QED) is 0.720. The lowest BCUT2D eigenvalue weighted by Crippen LogP contribution is -2.49. The molecule has 2 aromatic heterocycles. The summed E-state index contributed by atoms with van der Waals surface area (Å²) >= 11 is 1.45. The number of amides is 2. The van der Waals surface area contributed by atoms with Crippen molar-refractivity contribution in [2.45, 2.75) is 32.5 Å². The summed E-state index contributed by atoms with van der Waals surface area (Å²) < 4.78 is 25.1. The van der Waals surface area contributed by atoms with Gasteiger partial charge in [0.15, 0.2) is 9.84 Å². The summed E-state index contributed by atoms with van der Waals surface area (Å²) in [6.07, 6.45) is 3.44. The first kappa shape index (κ1) is 18.5. The molecule has 1 aliphatic rings. The van der Waals surface area contributed by atoms with Crippen LogP contribution in [0.5, 0.6) is 0 Å². The first-order valence-electron chi connectivity index (χ1n) is 7.82. The molecule has 1 aliphatic heterocycles. The molecule has 2 amide bonds. The van der Waals surface area contributed by atoms with Gasteiger partial charge < -0.3 is 10.2 Å². The highest BCUT2D eigenvalue weighted by Gasteiger charge is 2.41. The third kappa shape index (κ3) is 4.07. The summed E-state index contributed by atoms with van der Waals surface area (Å²) in [5, 5.41) is 10.8. The Labute approximate surface area is 154 Å². The summed E-state index contributed by atoms with van der Waals surface area (Å²) in [5.41, 5.74) is 2.39. The van der Waals surface area contributed by atoms with E-state index in [0.717, 1.165) is 9.78 Å². The molecule has 1 saturated heterocycles. The average molecular weight is 398 g/mol. The minimum atomic E-state index is -3.44. The van der Waals surface area contributed by atoms with Crippen LogP contribution in [0.3, 0.4) is 0 Å². The number of hydrogen-bond donors (Lipinski definition) is 1. The van der Waals surface area contributed by atoms with Crippen LogP contribution >= 0.6 is 11.3 Å². The van der Waals surface area contributed by atoms with Crippen LogP contribution in [-0.2, 0) is 26.0 Å². The van der Waals surface area contributed by atoms with Crippen molar-refractivity contribution in [3.05, 3.63) is 17.9 Å². The lowest BCUT2D eigenvalue weighted by atomic mass is 10.2. The van der Waals surface area contributed by atoms with Gasteiger partial charge in [0.25, 0.3) is 0 Å². The number of rotatable bonds is 5. The molecule has 10 nitrogen and oxygen atoms in total. The van der Waals surface area contributed by atoms with Crippen LogP contribution in [-0.4, -0.2) is 68.8 Å². The minimum Gasteiger partial charge on any atom is -0.350 e. The van der Waals surface area contributed by atoms with Gasteiger partial charge in [-0.05, 0) is 6.92 Å². The number of thiazole rings is 1. The second-order valence-corrected chi connectivity index (χ2v) is 9.11. The summed E-state index contributed by atoms with van der Waals surface area (Å²) in [7, 11) is -3.44. The van der Waals surface area contributed by atoms with Crippen LogP contribution in [0.25, 0.3) is 10.6 Å². The molecular formula is C14H18N6O4S2. The van der Waals surface area contributed by atoms with Crippen molar-refractivity contribution in [3.8, 4) is 10.6 Å². The molecule has 0 spiro atoms. The zero-order valence-electron chi connectivity index (χ0n) is 14.2. The smallest absolute Gasteiger partial charge is 0.244 e. The maximum atomic E-state index is 12.4. The molecule has 2 unspecified atom stereocenters. The maximum Gasteiger partial charge on any atom is 0.244 e. The van der Waals surface area contributed by atoms with Gasteiger partial charge >= 0.3 is 0 Å². The Bertz CT molecular complexity index is 908. The molecule has 0 aliphatic carbocycles. The molecule has 26 heavy (non-hydrogen) atoms. The average Bonchev–Trinajstić information content (AvgIpc) is 3.25. The van der Waals surface area contributed by atoms with Gasteiger partial charge in [-0.2, -0.15) is 0 Å². The van der Waals surface area contributed by atoms with Crippen molar-refractivity contribution in [2.24, 2.45) is 0 Å². The van der Waals surface area contributed by atoms with Crippen LogP contribution in [0.2, 0.25) is 0 Å². The number of nitrogens with zero attached hydrogens (tertiary/aromatic N) is 5. The summed E-state index contributed by atoms with van der Waals surface area (Å²) in [5.74, 6) is -1.71. The van der Waals surface area contributed by atoms with E-state index in [1.165, 1.54) is 18.3 Å². The number of nitrogens with one attached hydrogen (secondary N) is 1. The fourth-order valence-corrected chi connectivity index (χ4v) is 5.00. The lowest BCUT2D eigenvalue weighted by Gasteiger charge is -2.22. The number of carbonyl (C=O) groups is 2. The first-order chi connectivity index (χ1) is 12.2. The molecule has 140 valence electrons. The Morgan fingerprint density at radius 2 is 2.23 bits per heavy atom. The second kappa shape index (κ2) is 7.11. The first-order valence-corrected chi connectivity index (χ1v) is 10.5. The van der Waals surface area contributed by atoms with Crippen LogP contribution in [0, 0.1) is 0 Å². The van der Waals surface area contributed by atoms with Crippen molar-refractivity contribution in [3.63, 3.8) is 0 Å². The van der Waals surface area contributed by atoms with Gasteiger partial charge in [-0.15, -0.1) is 16.4 Å². The van der Waals surface area contributed by atoms with E-state index in [2.05, 4.69) is 20.6 Å². The van der Waals surface area contributed by atoms with Crippen molar-refractivity contribution in [1.29, 1.82) is 0 Å². The maximum absolute atomic E-state index is 12.4. The van der Waals surface area contributed by atoms with Crippen LogP contribution < -0.4 is 5.32 Å². The Hall–Kier alpha value is -2.34. The van der Waals surface area contributed by atoms with Gasteiger partial charge in [0, 0.05) is 19.2 Å². The van der Waals surface area contributed by atoms with E-state index < -0.39 is 33.6 Å². The van der Waals surface area contributed by atoms with Gasteiger partial charge in [-0.3, -0.25) is 14.6 Å². The minimum absolute atomic E-state index is 0.323. The summed E-state index contributed by atoms with van der Waals surface area (Å²) in [4.78, 5) is 30.0. The SMILES string of the molecule is CC(=O)N1CS(=O)(=O)CC1C(=O)NC(C)Cn1cc(-c2cncs2)nn1. The number of carbonyl (C=O) groups excluding carboxylic acids is 2. The van der Waals surface area contributed by atoms with Gasteiger partial charge in [0.05, 0.1) is 28.9 Å². The Balaban J connectivity index is 1.62. The Morgan fingerprint density at radius 1 is 1.46 bits per heavy atom. The molecule has 0 aromatic carbocycles. The standard InChI is InChI=1S/C14H18N6O4S2/c1-9(4-19-5-11(17-18-19)13-3-15-7-25-13)16-14(22)12-6-26(23,24)8-20(12)10(2)21/h3,5,7,9,12H,4,6,8H2,1-2H3,(H,16,22). The monoisotopic (exact) mass is 398 g/mol. The summed E-state index contributed by atoms with van der Waals surface area (Å²) in [6.45, 7) is 3.38. The molecular weight excluding hydrogens is 380 g/mol. The molecule has 1 N–H and O–H groups in total. The Morgan fingerprint density at radius 3 is 2.88 bits per heavy atom. The third-order valence-electron chi connectivity index (χ3n) is 3.90. The van der Waals surface area contributed by atoms with Gasteiger partial charge in [-0.25, -0.2) is 13.1 Å². The van der Waals surface area contributed by atoms with E-state index >= 15 is 0 Å². The topological polar surface area (TPSA) is 127 Å². The molecule has 0 bridgehead atoms. The second-order valence-electron chi connectivity index (χ2n) is 6.15. The Kier molecular flexibility index (Phi) is 5.05. The largest absolute Gasteiger partial charge is 0.350 e. The van der Waals surface area contributed by atoms with E-state index in [1.54, 1.807) is 29.5 Å². The van der Waals surface area contributed by atoms with E-state index in [-0.39, 0.29) is 11.8 Å². The molecule has 2 atom stereocenters. The fraction of sp³-hybridized carbons (Fsp3) is 0.500. The van der Waals surface area contributed by atoms with E-state index in [4.69, 9.17) is 0 Å². The highest BCUT2D eigenvalue weighted by Crippen LogP contribution is 2.20. The molecule has 0 radical (unpaired) electrons. The lowest BCUT2D eigenvalue weighted by molar-refractivity contribution is -0.136. The van der Waals surface area contributed by atoms with Crippen molar-refractivity contribution in [1.82, 2.24) is 30.2 Å². The van der Waals surface area contributed by atoms with Crippen molar-refractivity contribution >= 4 is 33.0 Å². The molecule has 1 fully saturated rings. The van der Waals surface area contributed by atoms with Gasteiger partial charge in [-0.1, -0.05) is 5.21 Å². The molecule has 3 rings (SSSR count). The predicted octanol–water partition coefficient (Wildman–Crippen LogP) is -0.491. The molecule has 12 heteroatoms. The zero-order chi connectivity index (χ0) is 18.9. The van der Waals surface area contributed by atoms with Crippen molar-refractivity contribution < 1.29 is 18.0 Å². The van der Waals surface area contributed by atoms with Crippen LogP contribution in [0.1, 0.15) is 13.8 Å². The van der Waals surface area contributed by atoms with Gasteiger partial charge in [0.1, 0.15) is 17.6 Å². The highest BCUT2D eigenvalue weighted by atomic mass is 32.2. The van der Waals surface area contributed by atoms with Crippen LogP contribution in [0.15, 0.2) is 17.9 Å². The molecule has 0 saturated carbocycles. The molecule has 2 aromatic rings. The number of aromatic nitrogens is 4.